The molecular weight excluding hydrogens is 465 g/mol. The number of fused-ring (bicyclic) bond motifs is 1. The first-order valence-electron chi connectivity index (χ1n) is 10.8. The van der Waals surface area contributed by atoms with Crippen LogP contribution in [0.1, 0.15) is 31.1 Å². The molecule has 176 valence electrons. The monoisotopic (exact) mass is 491 g/mol. The number of sulfonamides is 1. The Hall–Kier alpha value is -2.43. The van der Waals surface area contributed by atoms with E-state index in [1.54, 1.807) is 4.90 Å². The number of hydrogen-bond acceptors (Lipinski definition) is 6. The van der Waals surface area contributed by atoms with Crippen LogP contribution in [0, 0.1) is 5.82 Å². The fourth-order valence-electron chi connectivity index (χ4n) is 4.01. The molecule has 7 nitrogen and oxygen atoms in total. The summed E-state index contributed by atoms with van der Waals surface area (Å²) in [6.07, 6.45) is 3.55. The number of amides is 1. The number of benzene rings is 2. The highest BCUT2D eigenvalue weighted by atomic mass is 32.2. The molecule has 0 saturated carbocycles. The molecule has 10 heteroatoms. The lowest BCUT2D eigenvalue weighted by Crippen LogP contribution is -2.50. The zero-order chi connectivity index (χ0) is 23.4. The Labute approximate surface area is 196 Å². The maximum atomic E-state index is 14.1. The van der Waals surface area contributed by atoms with Gasteiger partial charge in [-0.05, 0) is 55.5 Å². The quantitative estimate of drug-likeness (QED) is 0.516. The van der Waals surface area contributed by atoms with Crippen molar-refractivity contribution in [1.82, 2.24) is 14.6 Å². The molecule has 1 aliphatic heterocycles. The molecule has 1 amide bonds. The second-order valence-electron chi connectivity index (χ2n) is 8.01. The summed E-state index contributed by atoms with van der Waals surface area (Å²) in [4.78, 5) is 19.0. The number of oxazole rings is 1. The van der Waals surface area contributed by atoms with E-state index >= 15 is 0 Å². The molecule has 33 heavy (non-hydrogen) atoms. The van der Waals surface area contributed by atoms with Crippen molar-refractivity contribution in [1.29, 1.82) is 0 Å². The Morgan fingerprint density at radius 2 is 1.91 bits per heavy atom. The summed E-state index contributed by atoms with van der Waals surface area (Å²) in [5, 5.41) is 0. The van der Waals surface area contributed by atoms with Crippen molar-refractivity contribution in [2.45, 2.75) is 36.1 Å². The van der Waals surface area contributed by atoms with E-state index in [4.69, 9.17) is 4.42 Å². The number of hydrogen-bond donors (Lipinski definition) is 1. The van der Waals surface area contributed by atoms with Gasteiger partial charge in [0.05, 0.1) is 0 Å². The minimum atomic E-state index is -4.18. The van der Waals surface area contributed by atoms with E-state index in [1.807, 2.05) is 30.5 Å². The van der Waals surface area contributed by atoms with Crippen LogP contribution in [0.15, 0.2) is 57.8 Å². The molecule has 0 aliphatic carbocycles. The maximum absolute atomic E-state index is 14.1. The first-order valence-corrected chi connectivity index (χ1v) is 13.7. The Kier molecular flexibility index (Phi) is 7.35. The third-order valence-corrected chi connectivity index (χ3v) is 7.95. The van der Waals surface area contributed by atoms with Crippen molar-refractivity contribution in [2.75, 3.05) is 25.1 Å². The average molecular weight is 492 g/mol. The van der Waals surface area contributed by atoms with Gasteiger partial charge in [0.25, 0.3) is 0 Å². The van der Waals surface area contributed by atoms with E-state index in [1.165, 1.54) is 30.0 Å². The number of carbonyl (C=O) groups excluding carboxylic acids is 1. The van der Waals surface area contributed by atoms with Gasteiger partial charge in [-0.3, -0.25) is 4.79 Å². The lowest BCUT2D eigenvalue weighted by atomic mass is 9.96. The minimum Gasteiger partial charge on any atom is -0.440 e. The summed E-state index contributed by atoms with van der Waals surface area (Å²) in [7, 11) is -4.18. The number of aromatic nitrogens is 1. The topological polar surface area (TPSA) is 92.5 Å². The summed E-state index contributed by atoms with van der Waals surface area (Å²) in [5.41, 5.74) is 1.55. The predicted octanol–water partition coefficient (Wildman–Crippen LogP) is 3.77. The van der Waals surface area contributed by atoms with Crippen LogP contribution in [-0.4, -0.2) is 55.3 Å². The molecule has 0 unspecified atom stereocenters. The highest BCUT2D eigenvalue weighted by molar-refractivity contribution is 7.98. The molecule has 0 bridgehead atoms. The van der Waals surface area contributed by atoms with Crippen LogP contribution in [0.4, 0.5) is 4.39 Å². The number of nitrogens with one attached hydrogen (secondary N) is 1. The molecule has 1 N–H and O–H groups in total. The number of nitrogens with zero attached hydrogens (tertiary/aromatic N) is 2. The van der Waals surface area contributed by atoms with E-state index in [0.29, 0.717) is 44.0 Å². The van der Waals surface area contributed by atoms with Crippen LogP contribution in [0.25, 0.3) is 11.1 Å². The average Bonchev–Trinajstić information content (AvgIpc) is 3.26. The molecule has 3 aromatic rings. The van der Waals surface area contributed by atoms with Gasteiger partial charge in [0, 0.05) is 19.0 Å². The van der Waals surface area contributed by atoms with E-state index in [0.717, 1.165) is 17.2 Å². The fraction of sp³-hybridized carbons (Fsp3) is 0.391. The van der Waals surface area contributed by atoms with Crippen LogP contribution < -0.4 is 4.72 Å². The first-order chi connectivity index (χ1) is 15.9. The van der Waals surface area contributed by atoms with Crippen molar-refractivity contribution in [3.63, 3.8) is 0 Å². The van der Waals surface area contributed by atoms with Gasteiger partial charge in [0.1, 0.15) is 22.3 Å². The van der Waals surface area contributed by atoms with Crippen LogP contribution in [0.5, 0.6) is 0 Å². The summed E-state index contributed by atoms with van der Waals surface area (Å²) in [6, 6.07) is 11.8. The van der Waals surface area contributed by atoms with E-state index in [2.05, 4.69) is 9.71 Å². The number of piperidine rings is 1. The standard InChI is InChI=1S/C23H26FN3O4S2/c1-32-15-12-19(26-33(29,30)21-9-5-2-6-17(21)24)23(28)27-13-10-16(11-14-27)22-25-18-7-3-4-8-20(18)31-22/h2-9,16,19,26H,10-15H2,1H3/t19-/m0/s1. The summed E-state index contributed by atoms with van der Waals surface area (Å²) >= 11 is 1.52. The van der Waals surface area contributed by atoms with Gasteiger partial charge in [0.15, 0.2) is 11.5 Å². The van der Waals surface area contributed by atoms with Crippen LogP contribution in [-0.2, 0) is 14.8 Å². The molecule has 2 aromatic carbocycles. The van der Waals surface area contributed by atoms with Crippen molar-refractivity contribution >= 4 is 38.8 Å². The molecule has 0 radical (unpaired) electrons. The maximum Gasteiger partial charge on any atom is 0.244 e. The van der Waals surface area contributed by atoms with Gasteiger partial charge < -0.3 is 9.32 Å². The number of halogens is 1. The van der Waals surface area contributed by atoms with Crippen molar-refractivity contribution in [2.24, 2.45) is 0 Å². The van der Waals surface area contributed by atoms with Gasteiger partial charge in [-0.15, -0.1) is 0 Å². The van der Waals surface area contributed by atoms with Gasteiger partial charge in [0.2, 0.25) is 15.9 Å². The number of likely N-dealkylation sites (tertiary alicyclic amines) is 1. The second kappa shape index (κ2) is 10.2. The Morgan fingerprint density at radius 1 is 1.21 bits per heavy atom. The smallest absolute Gasteiger partial charge is 0.244 e. The Bertz CT molecular complexity index is 1190. The predicted molar refractivity (Wildman–Crippen MR) is 126 cm³/mol. The van der Waals surface area contributed by atoms with Gasteiger partial charge in [-0.2, -0.15) is 16.5 Å². The summed E-state index contributed by atoms with van der Waals surface area (Å²) in [6.45, 7) is 0.943. The Morgan fingerprint density at radius 3 is 2.61 bits per heavy atom. The summed E-state index contributed by atoms with van der Waals surface area (Å²) in [5.74, 6) is 0.221. The molecule has 0 spiro atoms. The zero-order valence-corrected chi connectivity index (χ0v) is 19.9. The number of thioether (sulfide) groups is 1. The highest BCUT2D eigenvalue weighted by Gasteiger charge is 2.33. The zero-order valence-electron chi connectivity index (χ0n) is 18.2. The molecule has 1 saturated heterocycles. The number of rotatable bonds is 8. The SMILES string of the molecule is CSCC[C@H](NS(=O)(=O)c1ccccc1F)C(=O)N1CCC(c2nc3ccccc3o2)CC1. The second-order valence-corrected chi connectivity index (χ2v) is 10.7. The van der Waals surface area contributed by atoms with E-state index in [9.17, 15) is 17.6 Å². The normalized spacial score (nSPS) is 16.2. The first kappa shape index (κ1) is 23.7. The van der Waals surface area contributed by atoms with E-state index < -0.39 is 26.8 Å². The van der Waals surface area contributed by atoms with Gasteiger partial charge in [-0.1, -0.05) is 24.3 Å². The van der Waals surface area contributed by atoms with Crippen molar-refractivity contribution in [3.05, 3.63) is 60.2 Å². The van der Waals surface area contributed by atoms with Crippen molar-refractivity contribution in [3.8, 4) is 0 Å². The molecular formula is C23H26FN3O4S2. The molecule has 1 aromatic heterocycles. The van der Waals surface area contributed by atoms with Gasteiger partial charge in [-0.25, -0.2) is 17.8 Å². The lowest BCUT2D eigenvalue weighted by Gasteiger charge is -2.33. The van der Waals surface area contributed by atoms with E-state index in [-0.39, 0.29) is 11.8 Å². The van der Waals surface area contributed by atoms with Crippen LogP contribution in [0.3, 0.4) is 0 Å². The Balaban J connectivity index is 1.44. The number of carbonyl (C=O) groups is 1. The fourth-order valence-corrected chi connectivity index (χ4v) is 5.79. The molecule has 1 aliphatic rings. The largest absolute Gasteiger partial charge is 0.440 e. The molecule has 2 heterocycles. The molecule has 1 fully saturated rings. The highest BCUT2D eigenvalue weighted by Crippen LogP contribution is 2.30. The number of para-hydroxylation sites is 2. The minimum absolute atomic E-state index is 0.0983. The molecule has 4 rings (SSSR count). The summed E-state index contributed by atoms with van der Waals surface area (Å²) < 4.78 is 48.0. The van der Waals surface area contributed by atoms with Crippen LogP contribution >= 0.6 is 11.8 Å². The third-order valence-electron chi connectivity index (χ3n) is 5.80. The molecule has 1 atom stereocenters. The lowest BCUT2D eigenvalue weighted by molar-refractivity contribution is -0.134. The third kappa shape index (κ3) is 5.39. The van der Waals surface area contributed by atoms with Crippen LogP contribution in [0.2, 0.25) is 0 Å². The van der Waals surface area contributed by atoms with Crippen molar-refractivity contribution < 1.29 is 22.0 Å². The van der Waals surface area contributed by atoms with Gasteiger partial charge >= 0.3 is 0 Å².